The first-order valence-electron chi connectivity index (χ1n) is 10.3. The number of hydrogen-bond acceptors (Lipinski definition) is 5. The molecule has 210 valence electrons. The molecule has 0 aromatic heterocycles. The van der Waals surface area contributed by atoms with Crippen molar-refractivity contribution in [3.05, 3.63) is 60.7 Å². The first kappa shape index (κ1) is 49.4. The van der Waals surface area contributed by atoms with Crippen molar-refractivity contribution >= 4 is 112 Å². The van der Waals surface area contributed by atoms with Gasteiger partial charge in [0.05, 0.1) is 9.79 Å². The summed E-state index contributed by atoms with van der Waals surface area (Å²) in [5.41, 5.74) is 4.85. The summed E-state index contributed by atoms with van der Waals surface area (Å²) in [6.45, 7) is 12.8. The van der Waals surface area contributed by atoms with E-state index in [2.05, 4.69) is 87.1 Å². The molecule has 13 heteroatoms. The summed E-state index contributed by atoms with van der Waals surface area (Å²) in [6.07, 6.45) is 0. The number of benzene rings is 2. The number of nitrogens with two attached hydrogens (primary N) is 1. The molecule has 0 heterocycles. The van der Waals surface area contributed by atoms with Crippen LogP contribution in [0.4, 0.5) is 0 Å². The topological polar surface area (TPSA) is 106 Å². The van der Waals surface area contributed by atoms with E-state index in [1.165, 1.54) is 12.1 Å². The largest absolute Gasteiger partial charge is 0.331 e. The molecule has 0 amide bonds. The molecule has 0 saturated carbocycles. The molecule has 0 bridgehead atoms. The number of rotatable bonds is 4. The Morgan fingerprint density at radius 1 is 0.714 bits per heavy atom. The van der Waals surface area contributed by atoms with Gasteiger partial charge in [-0.25, -0.2) is 21.6 Å². The lowest BCUT2D eigenvalue weighted by atomic mass is 10.4. The predicted octanol–water partition coefficient (Wildman–Crippen LogP) is 8.49. The molecule has 35 heavy (non-hydrogen) atoms. The van der Waals surface area contributed by atoms with Crippen molar-refractivity contribution in [3.8, 4) is 0 Å². The van der Waals surface area contributed by atoms with Gasteiger partial charge in [0.15, 0.2) is 0 Å². The third-order valence-corrected chi connectivity index (χ3v) is 5.34. The lowest BCUT2D eigenvalue weighted by Crippen LogP contribution is -2.22. The fraction of sp³-hybridized carbons (Fsp3) is 0.455. The molecule has 3 N–H and O–H groups in total. The Morgan fingerprint density at radius 3 is 1.17 bits per heavy atom. The Bertz CT molecular complexity index is 818. The van der Waals surface area contributed by atoms with Crippen LogP contribution in [0, 0.1) is 0 Å². The molecule has 0 aliphatic heterocycles. The molecule has 0 spiro atoms. The van der Waals surface area contributed by atoms with E-state index in [4.69, 9.17) is 16.4 Å². The van der Waals surface area contributed by atoms with Gasteiger partial charge in [0.25, 0.3) is 9.05 Å². The van der Waals surface area contributed by atoms with Gasteiger partial charge in [-0.05, 0) is 40.7 Å². The van der Waals surface area contributed by atoms with Gasteiger partial charge in [0.1, 0.15) is 0 Å². The molecule has 2 aromatic rings. The van der Waals surface area contributed by atoms with Crippen molar-refractivity contribution in [3.63, 3.8) is 0 Å². The smallest absolute Gasteiger partial charge is 0.261 e. The Hall–Kier alpha value is 1.47. The Kier molecular flexibility index (Phi) is 56.4. The molecule has 6 nitrogen and oxygen atoms in total. The van der Waals surface area contributed by atoms with Gasteiger partial charge in [-0.15, -0.1) is 0 Å². The molecule has 0 radical (unpaired) electrons. The minimum absolute atomic E-state index is 0.136. The zero-order valence-electron chi connectivity index (χ0n) is 21.6. The average molecular weight is 1000 g/mol. The normalized spacial score (nSPS) is 8.51. The highest BCUT2D eigenvalue weighted by atomic mass is 128. The second kappa shape index (κ2) is 40.0. The van der Waals surface area contributed by atoms with E-state index in [0.717, 1.165) is 6.54 Å². The molecule has 2 rings (SSSR count). The Labute approximate surface area is 270 Å². The van der Waals surface area contributed by atoms with Crippen LogP contribution >= 0.6 is 93.1 Å². The van der Waals surface area contributed by atoms with Gasteiger partial charge in [0.2, 0.25) is 10.0 Å². The first-order valence-corrected chi connectivity index (χ1v) is 24.7. The fourth-order valence-corrected chi connectivity index (χ4v) is 3.31. The van der Waals surface area contributed by atoms with Crippen LogP contribution in [0.5, 0.6) is 0 Å². The van der Waals surface area contributed by atoms with Crippen LogP contribution in [0.25, 0.3) is 0 Å². The lowest BCUT2D eigenvalue weighted by molar-refractivity contribution is 0.584. The summed E-state index contributed by atoms with van der Waals surface area (Å²) in [7, 11) is -1.76. The van der Waals surface area contributed by atoms with E-state index < -0.39 is 19.1 Å². The summed E-state index contributed by atoms with van der Waals surface area (Å²) in [5, 5.41) is 0. The van der Waals surface area contributed by atoms with Crippen molar-refractivity contribution < 1.29 is 16.8 Å². The highest BCUT2D eigenvalue weighted by Crippen LogP contribution is 2.12. The van der Waals surface area contributed by atoms with E-state index in [1.54, 1.807) is 55.5 Å². The van der Waals surface area contributed by atoms with Crippen LogP contribution in [0.2, 0.25) is 0 Å². The van der Waals surface area contributed by atoms with Crippen LogP contribution in [-0.2, 0) is 19.1 Å². The summed E-state index contributed by atoms with van der Waals surface area (Å²) in [5.74, 6) is 0. The monoisotopic (exact) mass is 1000 g/mol. The van der Waals surface area contributed by atoms with Crippen LogP contribution in [0.15, 0.2) is 70.5 Å². The standard InChI is InChI=1S/C8H11NO2S.C6H5ClO2S.C2H7N.2C2H6.2CH3I.I2/c1-2-9-12(10,11)8-6-4-3-5-7-8;7-10(8,9)6-4-2-1-3-5-6;1-2-3;5*1-2/h3-7,9H,2H2,1H3;1-5H;2-3H2,1H3;2*1-2H3;2*1H3;. The second-order valence-electron chi connectivity index (χ2n) is 4.47. The Morgan fingerprint density at radius 2 is 0.971 bits per heavy atom. The number of sulfonamides is 1. The van der Waals surface area contributed by atoms with Crippen molar-refractivity contribution in [2.75, 3.05) is 23.0 Å². The van der Waals surface area contributed by atoms with Crippen LogP contribution < -0.4 is 10.5 Å². The minimum atomic E-state index is -3.53. The van der Waals surface area contributed by atoms with Gasteiger partial charge in [-0.3, -0.25) is 0 Å². The first-order chi connectivity index (χ1) is 16.7. The van der Waals surface area contributed by atoms with Crippen molar-refractivity contribution in [2.24, 2.45) is 5.73 Å². The molecular formula is C22H41ClI4N2O4S2. The molecular weight excluding hydrogens is 963 g/mol. The summed E-state index contributed by atoms with van der Waals surface area (Å²) in [6, 6.07) is 16.2. The average Bonchev–Trinajstić information content (AvgIpc) is 2.91. The quantitative estimate of drug-likeness (QED) is 0.182. The highest BCUT2D eigenvalue weighted by Gasteiger charge is 2.10. The van der Waals surface area contributed by atoms with Gasteiger partial charge in [-0.1, -0.05) is 123 Å². The molecule has 0 saturated heterocycles. The van der Waals surface area contributed by atoms with Crippen LogP contribution in [0.3, 0.4) is 0 Å². The van der Waals surface area contributed by atoms with Crippen LogP contribution in [-0.4, -0.2) is 39.8 Å². The van der Waals surface area contributed by atoms with E-state index in [-0.39, 0.29) is 4.90 Å². The fourth-order valence-electron chi connectivity index (χ4n) is 1.46. The lowest BCUT2D eigenvalue weighted by Gasteiger charge is -2.02. The molecule has 0 atom stereocenters. The Balaban J connectivity index is -0.0000000823. The highest BCUT2D eigenvalue weighted by molar-refractivity contribution is 15.0. The zero-order valence-corrected chi connectivity index (χ0v) is 32.6. The minimum Gasteiger partial charge on any atom is -0.331 e. The van der Waals surface area contributed by atoms with Gasteiger partial charge in [-0.2, -0.15) is 0 Å². The molecule has 0 fully saturated rings. The van der Waals surface area contributed by atoms with Crippen molar-refractivity contribution in [1.29, 1.82) is 0 Å². The van der Waals surface area contributed by atoms with Gasteiger partial charge >= 0.3 is 0 Å². The molecule has 2 aromatic carbocycles. The van der Waals surface area contributed by atoms with E-state index in [0.29, 0.717) is 11.4 Å². The predicted molar refractivity (Wildman–Crippen MR) is 192 cm³/mol. The maximum absolute atomic E-state index is 11.3. The maximum atomic E-state index is 11.3. The van der Waals surface area contributed by atoms with E-state index in [9.17, 15) is 16.8 Å². The van der Waals surface area contributed by atoms with Crippen molar-refractivity contribution in [1.82, 2.24) is 4.72 Å². The molecule has 0 unspecified atom stereocenters. The second-order valence-corrected chi connectivity index (χ2v) is 8.81. The molecule has 0 aliphatic carbocycles. The third kappa shape index (κ3) is 35.5. The number of alkyl halides is 2. The molecule has 0 aliphatic rings. The number of hydrogen-bond donors (Lipinski definition) is 2. The van der Waals surface area contributed by atoms with E-state index >= 15 is 0 Å². The van der Waals surface area contributed by atoms with Crippen molar-refractivity contribution in [2.45, 2.75) is 51.3 Å². The third-order valence-electron chi connectivity index (χ3n) is 2.41. The number of nitrogens with one attached hydrogen (secondary N) is 1. The van der Waals surface area contributed by atoms with Gasteiger partial charge < -0.3 is 5.73 Å². The van der Waals surface area contributed by atoms with Gasteiger partial charge in [0, 0.05) is 54.5 Å². The summed E-state index contributed by atoms with van der Waals surface area (Å²) in [4.78, 5) is 4.39. The summed E-state index contributed by atoms with van der Waals surface area (Å²) < 4.78 is 46.2. The summed E-state index contributed by atoms with van der Waals surface area (Å²) >= 11 is 8.54. The SMILES string of the molecule is CC.CC.CCN.CCNS(=O)(=O)c1ccccc1.CI.CI.II.O=S(=O)(Cl)c1ccccc1. The van der Waals surface area contributed by atoms with Crippen LogP contribution in [0.1, 0.15) is 41.5 Å². The zero-order chi connectivity index (χ0) is 29.3. The van der Waals surface area contributed by atoms with E-state index in [1.807, 2.05) is 44.5 Å². The maximum Gasteiger partial charge on any atom is 0.261 e. The number of halogens is 5.